The average molecular weight is 430 g/mol. The summed E-state index contributed by atoms with van der Waals surface area (Å²) in [6.45, 7) is 7.54. The van der Waals surface area contributed by atoms with E-state index >= 15 is 0 Å². The fourth-order valence-electron chi connectivity index (χ4n) is 2.41. The fourth-order valence-corrected chi connectivity index (χ4v) is 4.67. The molecule has 0 N–H and O–H groups in total. The van der Waals surface area contributed by atoms with Crippen molar-refractivity contribution in [1.82, 2.24) is 0 Å². The van der Waals surface area contributed by atoms with Gasteiger partial charge in [0, 0.05) is 0 Å². The summed E-state index contributed by atoms with van der Waals surface area (Å²) in [7, 11) is -2.55. The predicted molar refractivity (Wildman–Crippen MR) is 110 cm³/mol. The molecule has 0 atom stereocenters. The van der Waals surface area contributed by atoms with E-state index in [1.807, 2.05) is 13.8 Å². The van der Waals surface area contributed by atoms with Crippen molar-refractivity contribution in [2.24, 2.45) is 0 Å². The second-order valence-corrected chi connectivity index (χ2v) is 8.47. The van der Waals surface area contributed by atoms with E-state index in [0.29, 0.717) is 17.2 Å². The molecule has 2 aromatic rings. The van der Waals surface area contributed by atoms with E-state index in [1.165, 1.54) is 29.6 Å². The zero-order chi connectivity index (χ0) is 20.2. The minimum Gasteiger partial charge on any atom is -0.495 e. The Hall–Kier alpha value is -1.89. The summed E-state index contributed by atoms with van der Waals surface area (Å²) in [4.78, 5) is -0.112. The molecule has 0 bridgehead atoms. The van der Waals surface area contributed by atoms with Crippen molar-refractivity contribution < 1.29 is 17.9 Å². The lowest BCUT2D eigenvalue weighted by atomic mass is 10.3. The van der Waals surface area contributed by atoms with Crippen LogP contribution in [0.1, 0.15) is 13.8 Å². The van der Waals surface area contributed by atoms with Crippen LogP contribution < -0.4 is 13.8 Å². The molecule has 5 nitrogen and oxygen atoms in total. The van der Waals surface area contributed by atoms with Gasteiger partial charge in [-0.05, 0) is 50.2 Å². The third-order valence-electron chi connectivity index (χ3n) is 3.59. The minimum absolute atomic E-state index is 0.0177. The quantitative estimate of drug-likeness (QED) is 0.543. The largest absolute Gasteiger partial charge is 0.495 e. The Balaban J connectivity index is 2.49. The first-order valence-electron chi connectivity index (χ1n) is 8.14. The van der Waals surface area contributed by atoms with Gasteiger partial charge in [0.1, 0.15) is 21.4 Å². The van der Waals surface area contributed by atoms with E-state index in [1.54, 1.807) is 24.3 Å². The highest BCUT2D eigenvalue weighted by atomic mass is 35.5. The first kappa shape index (κ1) is 21.4. The maximum absolute atomic E-state index is 13.2. The SMILES string of the molecule is C=CCN(c1ccc(OC(C)C)cc1)S(=O)(=O)c1ccc(OC)c(Cl)c1Cl. The van der Waals surface area contributed by atoms with Crippen LogP contribution in [0.2, 0.25) is 10.0 Å². The fraction of sp³-hybridized carbons (Fsp3) is 0.263. The van der Waals surface area contributed by atoms with Gasteiger partial charge in [0.05, 0.1) is 30.5 Å². The van der Waals surface area contributed by atoms with Crippen LogP contribution in [0.15, 0.2) is 53.9 Å². The van der Waals surface area contributed by atoms with Gasteiger partial charge >= 0.3 is 0 Å². The minimum atomic E-state index is -3.98. The molecule has 0 fully saturated rings. The van der Waals surface area contributed by atoms with E-state index in [-0.39, 0.29) is 27.6 Å². The Kier molecular flexibility index (Phi) is 7.03. The Morgan fingerprint density at radius 3 is 2.26 bits per heavy atom. The number of benzene rings is 2. The lowest BCUT2D eigenvalue weighted by Gasteiger charge is -2.24. The summed E-state index contributed by atoms with van der Waals surface area (Å²) in [5.41, 5.74) is 0.453. The molecule has 146 valence electrons. The molecule has 0 amide bonds. The maximum Gasteiger partial charge on any atom is 0.266 e. The van der Waals surface area contributed by atoms with E-state index in [0.717, 1.165) is 0 Å². The van der Waals surface area contributed by atoms with Crippen molar-refractivity contribution in [2.75, 3.05) is 18.0 Å². The van der Waals surface area contributed by atoms with Crippen LogP contribution in [0.3, 0.4) is 0 Å². The van der Waals surface area contributed by atoms with Gasteiger partial charge in [0.2, 0.25) is 0 Å². The number of hydrogen-bond acceptors (Lipinski definition) is 4. The highest BCUT2D eigenvalue weighted by Crippen LogP contribution is 2.38. The molecule has 0 saturated heterocycles. The topological polar surface area (TPSA) is 55.8 Å². The van der Waals surface area contributed by atoms with Crippen LogP contribution in [0, 0.1) is 0 Å². The molecule has 0 aromatic heterocycles. The van der Waals surface area contributed by atoms with Gasteiger partial charge in [-0.25, -0.2) is 8.42 Å². The third-order valence-corrected chi connectivity index (χ3v) is 6.40. The number of sulfonamides is 1. The Bertz CT molecular complexity index is 912. The second-order valence-electron chi connectivity index (χ2n) is 5.88. The van der Waals surface area contributed by atoms with Crippen molar-refractivity contribution in [3.8, 4) is 11.5 Å². The molecule has 0 unspecified atom stereocenters. The summed E-state index contributed by atoms with van der Waals surface area (Å²) in [5, 5.41) is -0.0516. The number of anilines is 1. The van der Waals surface area contributed by atoms with Crippen LogP contribution in [0.4, 0.5) is 5.69 Å². The monoisotopic (exact) mass is 429 g/mol. The third kappa shape index (κ3) is 4.69. The normalized spacial score (nSPS) is 11.3. The summed E-state index contributed by atoms with van der Waals surface area (Å²) in [5.74, 6) is 0.946. The van der Waals surface area contributed by atoms with Crippen molar-refractivity contribution in [2.45, 2.75) is 24.8 Å². The zero-order valence-corrected chi connectivity index (χ0v) is 17.6. The van der Waals surface area contributed by atoms with E-state index < -0.39 is 10.0 Å². The van der Waals surface area contributed by atoms with Crippen LogP contribution >= 0.6 is 23.2 Å². The van der Waals surface area contributed by atoms with Crippen LogP contribution in [0.25, 0.3) is 0 Å². The highest BCUT2D eigenvalue weighted by Gasteiger charge is 2.28. The van der Waals surface area contributed by atoms with Crippen LogP contribution in [-0.4, -0.2) is 28.2 Å². The smallest absolute Gasteiger partial charge is 0.266 e. The highest BCUT2D eigenvalue weighted by molar-refractivity contribution is 7.93. The van der Waals surface area contributed by atoms with Gasteiger partial charge in [0.15, 0.2) is 0 Å². The Labute approximate surface area is 170 Å². The first-order chi connectivity index (χ1) is 12.7. The molecule has 0 aliphatic heterocycles. The summed E-state index contributed by atoms with van der Waals surface area (Å²) in [6, 6.07) is 9.59. The molecular weight excluding hydrogens is 409 g/mol. The summed E-state index contributed by atoms with van der Waals surface area (Å²) >= 11 is 12.3. The number of halogens is 2. The lowest BCUT2D eigenvalue weighted by Crippen LogP contribution is -2.31. The maximum atomic E-state index is 13.2. The molecule has 2 aromatic carbocycles. The number of ether oxygens (including phenoxy) is 2. The standard InChI is InChI=1S/C19H21Cl2NO4S/c1-5-12-22(14-6-8-15(9-7-14)26-13(2)3)27(23,24)17-11-10-16(25-4)18(20)19(17)21/h5-11,13H,1,12H2,2-4H3. The molecule has 0 saturated carbocycles. The van der Waals surface area contributed by atoms with Gasteiger partial charge in [-0.15, -0.1) is 6.58 Å². The number of hydrogen-bond donors (Lipinski definition) is 0. The molecular formula is C19H21Cl2NO4S. The van der Waals surface area contributed by atoms with Gasteiger partial charge in [-0.3, -0.25) is 4.31 Å². The molecule has 0 radical (unpaired) electrons. The van der Waals surface area contributed by atoms with Crippen molar-refractivity contribution >= 4 is 38.9 Å². The van der Waals surface area contributed by atoms with Crippen LogP contribution in [0.5, 0.6) is 11.5 Å². The number of rotatable bonds is 8. The van der Waals surface area contributed by atoms with E-state index in [2.05, 4.69) is 6.58 Å². The van der Waals surface area contributed by atoms with Crippen molar-refractivity contribution in [3.05, 3.63) is 59.1 Å². The Morgan fingerprint density at radius 2 is 1.74 bits per heavy atom. The lowest BCUT2D eigenvalue weighted by molar-refractivity contribution is 0.242. The molecule has 2 rings (SSSR count). The van der Waals surface area contributed by atoms with Gasteiger partial charge < -0.3 is 9.47 Å². The molecule has 0 heterocycles. The second kappa shape index (κ2) is 8.87. The molecule has 0 aliphatic rings. The number of nitrogens with zero attached hydrogens (tertiary/aromatic N) is 1. The van der Waals surface area contributed by atoms with E-state index in [9.17, 15) is 8.42 Å². The molecule has 8 heteroatoms. The Morgan fingerprint density at radius 1 is 1.11 bits per heavy atom. The molecule has 0 aliphatic carbocycles. The number of methoxy groups -OCH3 is 1. The summed E-state index contributed by atoms with van der Waals surface area (Å²) in [6.07, 6.45) is 1.51. The van der Waals surface area contributed by atoms with Gasteiger partial charge in [-0.1, -0.05) is 29.3 Å². The van der Waals surface area contributed by atoms with Gasteiger partial charge in [0.25, 0.3) is 10.0 Å². The molecule has 27 heavy (non-hydrogen) atoms. The zero-order valence-electron chi connectivity index (χ0n) is 15.3. The van der Waals surface area contributed by atoms with E-state index in [4.69, 9.17) is 32.7 Å². The predicted octanol–water partition coefficient (Wildman–Crippen LogP) is 5.17. The molecule has 0 spiro atoms. The van der Waals surface area contributed by atoms with Crippen LogP contribution in [-0.2, 0) is 10.0 Å². The van der Waals surface area contributed by atoms with Crippen molar-refractivity contribution in [1.29, 1.82) is 0 Å². The van der Waals surface area contributed by atoms with Gasteiger partial charge in [-0.2, -0.15) is 0 Å². The first-order valence-corrected chi connectivity index (χ1v) is 10.3. The average Bonchev–Trinajstić information content (AvgIpc) is 2.62. The summed E-state index contributed by atoms with van der Waals surface area (Å²) < 4.78 is 38.3. The van der Waals surface area contributed by atoms with Crippen molar-refractivity contribution in [3.63, 3.8) is 0 Å².